The summed E-state index contributed by atoms with van der Waals surface area (Å²) < 4.78 is 5.90. The highest BCUT2D eigenvalue weighted by atomic mass is 16.5. The normalized spacial score (nSPS) is 13.5. The van der Waals surface area contributed by atoms with Crippen LogP contribution in [-0.4, -0.2) is 18.4 Å². The molecule has 12 heavy (non-hydrogen) atoms. The summed E-state index contributed by atoms with van der Waals surface area (Å²) in [6.45, 7) is 10.5. The maximum Gasteiger partial charge on any atom is 0.114 e. The van der Waals surface area contributed by atoms with Crippen LogP contribution >= 0.6 is 0 Å². The molecule has 0 saturated heterocycles. The van der Waals surface area contributed by atoms with E-state index in [9.17, 15) is 0 Å². The molecule has 0 unspecified atom stereocenters. The van der Waals surface area contributed by atoms with Crippen LogP contribution in [-0.2, 0) is 4.74 Å². The molecule has 0 aromatic heterocycles. The molecule has 2 heteroatoms. The topological polar surface area (TPSA) is 21.3 Å². The minimum Gasteiger partial charge on any atom is -0.355 e. The molecule has 74 valence electrons. The number of nitrogens with one attached hydrogen (secondary N) is 1. The van der Waals surface area contributed by atoms with Gasteiger partial charge in [-0.15, -0.1) is 0 Å². The van der Waals surface area contributed by atoms with E-state index < -0.39 is 0 Å². The van der Waals surface area contributed by atoms with Gasteiger partial charge in [0.15, 0.2) is 0 Å². The third-order valence-electron chi connectivity index (χ3n) is 1.99. The molecule has 0 radical (unpaired) electrons. The number of rotatable bonds is 5. The van der Waals surface area contributed by atoms with Gasteiger partial charge in [0.2, 0.25) is 0 Å². The Labute approximate surface area is 76.7 Å². The first-order valence-electron chi connectivity index (χ1n) is 4.72. The Kier molecular flexibility index (Phi) is 4.21. The summed E-state index contributed by atoms with van der Waals surface area (Å²) in [4.78, 5) is 0. The fraction of sp³-hybridized carbons (Fsp3) is 1.00. The van der Waals surface area contributed by atoms with E-state index in [1.165, 1.54) is 0 Å². The summed E-state index contributed by atoms with van der Waals surface area (Å²) >= 11 is 0. The molecule has 0 bridgehead atoms. The molecule has 0 rings (SSSR count). The number of ether oxygens (including phenoxy) is 1. The average Bonchev–Trinajstić information content (AvgIpc) is 1.85. The average molecular weight is 173 g/mol. The molecule has 0 aromatic rings. The predicted molar refractivity (Wildman–Crippen MR) is 53.2 cm³/mol. The summed E-state index contributed by atoms with van der Waals surface area (Å²) in [5, 5.41) is 3.13. The van der Waals surface area contributed by atoms with Crippen LogP contribution in [0.15, 0.2) is 0 Å². The highest BCUT2D eigenvalue weighted by Crippen LogP contribution is 2.22. The Balaban J connectivity index is 4.04. The van der Waals surface area contributed by atoms with Crippen molar-refractivity contribution in [2.45, 2.75) is 58.8 Å². The zero-order valence-corrected chi connectivity index (χ0v) is 9.32. The first-order chi connectivity index (χ1) is 5.33. The molecule has 2 nitrogen and oxygen atoms in total. The van der Waals surface area contributed by atoms with E-state index in [1.54, 1.807) is 0 Å². The molecule has 1 N–H and O–H groups in total. The van der Waals surface area contributed by atoms with E-state index in [-0.39, 0.29) is 11.3 Å². The van der Waals surface area contributed by atoms with Crippen molar-refractivity contribution in [3.63, 3.8) is 0 Å². The molecule has 0 aliphatic carbocycles. The van der Waals surface area contributed by atoms with Gasteiger partial charge in [-0.25, -0.2) is 0 Å². The molecule has 0 aliphatic rings. The lowest BCUT2D eigenvalue weighted by molar-refractivity contribution is -0.138. The molecule has 0 heterocycles. The fourth-order valence-electron chi connectivity index (χ4n) is 1.39. The Morgan fingerprint density at radius 2 is 1.67 bits per heavy atom. The van der Waals surface area contributed by atoms with Crippen LogP contribution in [0.5, 0.6) is 0 Å². The molecule has 0 atom stereocenters. The van der Waals surface area contributed by atoms with E-state index >= 15 is 0 Å². The smallest absolute Gasteiger partial charge is 0.114 e. The maximum atomic E-state index is 5.90. The van der Waals surface area contributed by atoms with Crippen LogP contribution in [0, 0.1) is 0 Å². The van der Waals surface area contributed by atoms with Gasteiger partial charge < -0.3 is 4.74 Å². The van der Waals surface area contributed by atoms with Gasteiger partial charge in [-0.05, 0) is 41.2 Å². The fourth-order valence-corrected chi connectivity index (χ4v) is 1.39. The van der Waals surface area contributed by atoms with Crippen LogP contribution in [0.2, 0.25) is 0 Å². The highest BCUT2D eigenvalue weighted by molar-refractivity contribution is 4.74. The van der Waals surface area contributed by atoms with Gasteiger partial charge in [0, 0.05) is 0 Å². The lowest BCUT2D eigenvalue weighted by Crippen LogP contribution is -2.45. The van der Waals surface area contributed by atoms with Crippen molar-refractivity contribution in [3.8, 4) is 0 Å². The van der Waals surface area contributed by atoms with Crippen molar-refractivity contribution in [3.05, 3.63) is 0 Å². The minimum absolute atomic E-state index is 0.0265. The van der Waals surface area contributed by atoms with Gasteiger partial charge in [-0.2, -0.15) is 0 Å². The van der Waals surface area contributed by atoms with E-state index in [0.29, 0.717) is 0 Å². The SMILES string of the molecule is CCCC(C)(C)OC(C)(C)NC. The monoisotopic (exact) mass is 173 g/mol. The first kappa shape index (κ1) is 11.9. The lowest BCUT2D eigenvalue weighted by Gasteiger charge is -2.35. The summed E-state index contributed by atoms with van der Waals surface area (Å²) in [7, 11) is 1.92. The van der Waals surface area contributed by atoms with Gasteiger partial charge in [0.1, 0.15) is 5.72 Å². The minimum atomic E-state index is -0.224. The zero-order chi connectivity index (χ0) is 9.83. The Bertz CT molecular complexity index is 130. The third-order valence-corrected chi connectivity index (χ3v) is 1.99. The van der Waals surface area contributed by atoms with E-state index in [1.807, 2.05) is 20.9 Å². The molecule has 0 aromatic carbocycles. The van der Waals surface area contributed by atoms with Crippen LogP contribution in [0.3, 0.4) is 0 Å². The second-order valence-electron chi connectivity index (χ2n) is 4.37. The zero-order valence-electron chi connectivity index (χ0n) is 9.32. The van der Waals surface area contributed by atoms with Gasteiger partial charge in [-0.1, -0.05) is 13.3 Å². The summed E-state index contributed by atoms with van der Waals surface area (Å²) in [5.74, 6) is 0. The second kappa shape index (κ2) is 4.24. The molecular weight excluding hydrogens is 150 g/mol. The van der Waals surface area contributed by atoms with E-state index in [4.69, 9.17) is 4.74 Å². The number of hydrogen-bond donors (Lipinski definition) is 1. The third kappa shape index (κ3) is 4.73. The standard InChI is InChI=1S/C10H23NO/c1-7-8-9(2,3)12-10(4,5)11-6/h11H,7-8H2,1-6H3. The van der Waals surface area contributed by atoms with Crippen LogP contribution in [0.1, 0.15) is 47.5 Å². The molecule has 0 fully saturated rings. The lowest BCUT2D eigenvalue weighted by atomic mass is 10.0. The van der Waals surface area contributed by atoms with Crippen LogP contribution < -0.4 is 5.32 Å². The van der Waals surface area contributed by atoms with Crippen LogP contribution in [0.25, 0.3) is 0 Å². The van der Waals surface area contributed by atoms with E-state index in [0.717, 1.165) is 12.8 Å². The Morgan fingerprint density at radius 3 is 2.00 bits per heavy atom. The second-order valence-corrected chi connectivity index (χ2v) is 4.37. The Hall–Kier alpha value is -0.0800. The van der Waals surface area contributed by atoms with Crippen molar-refractivity contribution < 1.29 is 4.74 Å². The first-order valence-corrected chi connectivity index (χ1v) is 4.72. The van der Waals surface area contributed by atoms with Crippen molar-refractivity contribution in [2.24, 2.45) is 0 Å². The summed E-state index contributed by atoms with van der Waals surface area (Å²) in [5.41, 5.74) is -0.250. The van der Waals surface area contributed by atoms with Crippen molar-refractivity contribution >= 4 is 0 Å². The van der Waals surface area contributed by atoms with Crippen molar-refractivity contribution in [1.82, 2.24) is 5.32 Å². The molecule has 0 amide bonds. The highest BCUT2D eigenvalue weighted by Gasteiger charge is 2.26. The molecule has 0 spiro atoms. The number of hydrogen-bond acceptors (Lipinski definition) is 2. The van der Waals surface area contributed by atoms with Gasteiger partial charge in [-0.3, -0.25) is 5.32 Å². The van der Waals surface area contributed by atoms with Gasteiger partial charge >= 0.3 is 0 Å². The summed E-state index contributed by atoms with van der Waals surface area (Å²) in [6, 6.07) is 0. The van der Waals surface area contributed by atoms with E-state index in [2.05, 4.69) is 26.1 Å². The maximum absolute atomic E-state index is 5.90. The molecule has 0 saturated carbocycles. The van der Waals surface area contributed by atoms with Crippen LogP contribution in [0.4, 0.5) is 0 Å². The molecular formula is C10H23NO. The van der Waals surface area contributed by atoms with Crippen molar-refractivity contribution in [2.75, 3.05) is 7.05 Å². The quantitative estimate of drug-likeness (QED) is 0.645. The Morgan fingerprint density at radius 1 is 1.17 bits per heavy atom. The van der Waals surface area contributed by atoms with Gasteiger partial charge in [0.05, 0.1) is 5.60 Å². The predicted octanol–water partition coefficient (Wildman–Crippen LogP) is 2.54. The molecule has 0 aliphatic heterocycles. The van der Waals surface area contributed by atoms with Crippen molar-refractivity contribution in [1.29, 1.82) is 0 Å². The summed E-state index contributed by atoms with van der Waals surface area (Å²) in [6.07, 6.45) is 2.25. The van der Waals surface area contributed by atoms with Gasteiger partial charge in [0.25, 0.3) is 0 Å². The largest absolute Gasteiger partial charge is 0.355 e.